The van der Waals surface area contributed by atoms with Gasteiger partial charge >= 0.3 is 0 Å². The molecular formula is C19H22ClFN2O2. The Balaban J connectivity index is 1.41. The fourth-order valence-corrected chi connectivity index (χ4v) is 4.28. The lowest BCUT2D eigenvalue weighted by Gasteiger charge is -2.47. The molecule has 2 saturated heterocycles. The maximum atomic E-state index is 13.6. The Morgan fingerprint density at radius 2 is 1.92 bits per heavy atom. The predicted octanol–water partition coefficient (Wildman–Crippen LogP) is 3.49. The van der Waals surface area contributed by atoms with E-state index in [1.807, 2.05) is 0 Å². The minimum absolute atomic E-state index is 0.0289. The zero-order chi connectivity index (χ0) is 17.6. The molecular weight excluding hydrogens is 343 g/mol. The molecule has 25 heavy (non-hydrogen) atoms. The van der Waals surface area contributed by atoms with Gasteiger partial charge in [-0.3, -0.25) is 9.59 Å². The van der Waals surface area contributed by atoms with E-state index in [0.29, 0.717) is 37.0 Å². The van der Waals surface area contributed by atoms with Gasteiger partial charge in [-0.2, -0.15) is 0 Å². The number of amides is 2. The van der Waals surface area contributed by atoms with Crippen LogP contribution in [0.5, 0.6) is 0 Å². The summed E-state index contributed by atoms with van der Waals surface area (Å²) in [6.07, 6.45) is 5.64. The fourth-order valence-electron chi connectivity index (χ4n) is 4.17. The van der Waals surface area contributed by atoms with E-state index in [1.165, 1.54) is 12.1 Å². The molecule has 1 saturated carbocycles. The Kier molecular flexibility index (Phi) is 4.22. The fraction of sp³-hybridized carbons (Fsp3) is 0.579. The molecule has 2 heterocycles. The number of nitrogens with zero attached hydrogens (tertiary/aromatic N) is 2. The lowest BCUT2D eigenvalue weighted by Crippen LogP contribution is -2.52. The molecule has 2 aliphatic heterocycles. The highest BCUT2D eigenvalue weighted by Crippen LogP contribution is 2.43. The van der Waals surface area contributed by atoms with Gasteiger partial charge in [0.15, 0.2) is 0 Å². The van der Waals surface area contributed by atoms with E-state index < -0.39 is 5.82 Å². The lowest BCUT2D eigenvalue weighted by atomic mass is 9.72. The van der Waals surface area contributed by atoms with E-state index in [9.17, 15) is 14.0 Å². The molecule has 6 heteroatoms. The molecule has 1 aromatic carbocycles. The molecule has 0 radical (unpaired) electrons. The summed E-state index contributed by atoms with van der Waals surface area (Å²) in [6.45, 7) is 2.17. The van der Waals surface area contributed by atoms with Crippen LogP contribution in [-0.4, -0.2) is 47.3 Å². The van der Waals surface area contributed by atoms with Crippen LogP contribution < -0.4 is 0 Å². The summed E-state index contributed by atoms with van der Waals surface area (Å²) in [5, 5.41) is 0.0289. The van der Waals surface area contributed by atoms with Crippen LogP contribution in [0.25, 0.3) is 0 Å². The average molecular weight is 365 g/mol. The second-order valence-electron chi connectivity index (χ2n) is 7.67. The first-order chi connectivity index (χ1) is 12.0. The third-order valence-corrected chi connectivity index (χ3v) is 6.27. The zero-order valence-corrected chi connectivity index (χ0v) is 14.9. The Labute approximate surface area is 151 Å². The van der Waals surface area contributed by atoms with Gasteiger partial charge in [0.25, 0.3) is 5.91 Å². The summed E-state index contributed by atoms with van der Waals surface area (Å²) >= 11 is 5.69. The molecule has 4 nitrogen and oxygen atoms in total. The monoisotopic (exact) mass is 364 g/mol. The van der Waals surface area contributed by atoms with E-state index in [4.69, 9.17) is 11.6 Å². The Morgan fingerprint density at radius 1 is 1.20 bits per heavy atom. The van der Waals surface area contributed by atoms with Crippen LogP contribution in [0.15, 0.2) is 18.2 Å². The molecule has 1 spiro atoms. The third-order valence-electron chi connectivity index (χ3n) is 5.96. The van der Waals surface area contributed by atoms with Crippen LogP contribution in [0.4, 0.5) is 4.39 Å². The third kappa shape index (κ3) is 3.26. The van der Waals surface area contributed by atoms with Crippen LogP contribution in [0.2, 0.25) is 5.02 Å². The molecule has 4 rings (SSSR count). The Hall–Kier alpha value is -1.62. The van der Waals surface area contributed by atoms with Crippen molar-refractivity contribution < 1.29 is 14.0 Å². The van der Waals surface area contributed by atoms with E-state index >= 15 is 0 Å². The van der Waals surface area contributed by atoms with E-state index in [0.717, 1.165) is 38.6 Å². The summed E-state index contributed by atoms with van der Waals surface area (Å²) in [6, 6.07) is 4.67. The summed E-state index contributed by atoms with van der Waals surface area (Å²) in [5.74, 6) is -0.411. The molecule has 1 aromatic rings. The number of rotatable bonds is 2. The van der Waals surface area contributed by atoms with Gasteiger partial charge in [-0.25, -0.2) is 4.39 Å². The largest absolute Gasteiger partial charge is 0.339 e. The van der Waals surface area contributed by atoms with Crippen molar-refractivity contribution in [3.05, 3.63) is 34.6 Å². The topological polar surface area (TPSA) is 40.6 Å². The van der Waals surface area contributed by atoms with Crippen molar-refractivity contribution in [1.29, 1.82) is 0 Å². The smallest absolute Gasteiger partial charge is 0.253 e. The van der Waals surface area contributed by atoms with Gasteiger partial charge in [0.05, 0.1) is 5.02 Å². The number of carbonyl (C=O) groups is 2. The number of hydrogen-bond acceptors (Lipinski definition) is 2. The Morgan fingerprint density at radius 3 is 2.56 bits per heavy atom. The van der Waals surface area contributed by atoms with Crippen molar-refractivity contribution in [1.82, 2.24) is 9.80 Å². The van der Waals surface area contributed by atoms with Crippen molar-refractivity contribution in [3.63, 3.8) is 0 Å². The van der Waals surface area contributed by atoms with Gasteiger partial charge in [-0.15, -0.1) is 0 Å². The number of carbonyl (C=O) groups excluding carboxylic acids is 2. The zero-order valence-electron chi connectivity index (χ0n) is 14.1. The van der Waals surface area contributed by atoms with E-state index in [1.54, 1.807) is 11.0 Å². The summed E-state index contributed by atoms with van der Waals surface area (Å²) in [4.78, 5) is 28.6. The minimum Gasteiger partial charge on any atom is -0.339 e. The first-order valence-electron chi connectivity index (χ1n) is 9.01. The van der Waals surface area contributed by atoms with Crippen LogP contribution >= 0.6 is 11.6 Å². The highest BCUT2D eigenvalue weighted by Gasteiger charge is 2.45. The van der Waals surface area contributed by atoms with Crippen molar-refractivity contribution in [3.8, 4) is 0 Å². The summed E-state index contributed by atoms with van der Waals surface area (Å²) in [7, 11) is 0. The number of likely N-dealkylation sites (tertiary alicyclic amines) is 2. The van der Waals surface area contributed by atoms with Crippen molar-refractivity contribution in [2.45, 2.75) is 44.6 Å². The molecule has 0 aromatic heterocycles. The highest BCUT2D eigenvalue weighted by atomic mass is 35.5. The maximum absolute atomic E-state index is 13.6. The number of piperidine rings is 2. The molecule has 134 valence electrons. The highest BCUT2D eigenvalue weighted by molar-refractivity contribution is 6.30. The average Bonchev–Trinajstić information content (AvgIpc) is 3.45. The predicted molar refractivity (Wildman–Crippen MR) is 92.9 cm³/mol. The lowest BCUT2D eigenvalue weighted by molar-refractivity contribution is -0.139. The first-order valence-corrected chi connectivity index (χ1v) is 9.39. The molecule has 1 aliphatic carbocycles. The summed E-state index contributed by atoms with van der Waals surface area (Å²) in [5.41, 5.74) is 0.495. The van der Waals surface area contributed by atoms with Crippen LogP contribution in [0, 0.1) is 11.2 Å². The normalized spacial score (nSPS) is 23.2. The molecule has 0 bridgehead atoms. The molecule has 0 unspecified atom stereocenters. The summed E-state index contributed by atoms with van der Waals surface area (Å²) < 4.78 is 13.6. The molecule has 3 aliphatic rings. The molecule has 2 amide bonds. The van der Waals surface area contributed by atoms with Gasteiger partial charge in [-0.05, 0) is 55.7 Å². The van der Waals surface area contributed by atoms with Gasteiger partial charge in [-0.1, -0.05) is 11.6 Å². The Bertz CT molecular complexity index is 711. The number of benzene rings is 1. The molecule has 0 atom stereocenters. The number of hydrogen-bond donors (Lipinski definition) is 0. The van der Waals surface area contributed by atoms with Gasteiger partial charge in [0.1, 0.15) is 5.82 Å². The van der Waals surface area contributed by atoms with E-state index in [-0.39, 0.29) is 16.3 Å². The van der Waals surface area contributed by atoms with Crippen LogP contribution in [-0.2, 0) is 4.79 Å². The standard InChI is InChI=1S/C19H22ClFN2O2/c20-15-4-1-13(11-16(15)21)18(25)22-9-7-19(8-10-22)6-5-17(24)23(12-19)14-2-3-14/h1,4,11,14H,2-3,5-10,12H2. The van der Waals surface area contributed by atoms with Crippen LogP contribution in [0.1, 0.15) is 48.9 Å². The molecule has 0 N–H and O–H groups in total. The second-order valence-corrected chi connectivity index (χ2v) is 8.08. The van der Waals surface area contributed by atoms with Crippen LogP contribution in [0.3, 0.4) is 0 Å². The van der Waals surface area contributed by atoms with Gasteiger partial charge in [0, 0.05) is 37.7 Å². The van der Waals surface area contributed by atoms with Crippen molar-refractivity contribution >= 4 is 23.4 Å². The second kappa shape index (κ2) is 6.27. The SMILES string of the molecule is O=C(c1ccc(Cl)c(F)c1)N1CCC2(CCC(=O)N(C3CC3)C2)CC1. The number of halogens is 2. The van der Waals surface area contributed by atoms with Crippen molar-refractivity contribution in [2.75, 3.05) is 19.6 Å². The van der Waals surface area contributed by atoms with Crippen molar-refractivity contribution in [2.24, 2.45) is 5.41 Å². The van der Waals surface area contributed by atoms with Gasteiger partial charge in [0.2, 0.25) is 5.91 Å². The minimum atomic E-state index is -0.563. The first kappa shape index (κ1) is 16.8. The molecule has 3 fully saturated rings. The quantitative estimate of drug-likeness (QED) is 0.806. The maximum Gasteiger partial charge on any atom is 0.253 e. The van der Waals surface area contributed by atoms with E-state index in [2.05, 4.69) is 4.90 Å². The van der Waals surface area contributed by atoms with Gasteiger partial charge < -0.3 is 9.80 Å².